The van der Waals surface area contributed by atoms with Gasteiger partial charge >= 0.3 is 5.97 Å². The van der Waals surface area contributed by atoms with Gasteiger partial charge in [0.25, 0.3) is 0 Å². The van der Waals surface area contributed by atoms with Crippen LogP contribution in [-0.4, -0.2) is 35.5 Å². The minimum absolute atomic E-state index is 0.359. The van der Waals surface area contributed by atoms with Crippen LogP contribution in [0.1, 0.15) is 10.4 Å². The normalized spacial score (nSPS) is 8.47. The Morgan fingerprint density at radius 3 is 2.00 bits per heavy atom. The zero-order chi connectivity index (χ0) is 13.3. The summed E-state index contributed by atoms with van der Waals surface area (Å²) in [5.41, 5.74) is 0.359. The first-order valence-corrected chi connectivity index (χ1v) is 4.89. The van der Waals surface area contributed by atoms with Gasteiger partial charge in [-0.2, -0.15) is 0 Å². The van der Waals surface area contributed by atoms with E-state index in [0.717, 1.165) is 25.0 Å². The van der Waals surface area contributed by atoms with Gasteiger partial charge in [0, 0.05) is 14.2 Å². The average Bonchev–Trinajstić information content (AvgIpc) is 2.42. The second kappa shape index (κ2) is 8.27. The minimum atomic E-state index is -0.878. The molecule has 0 radical (unpaired) electrons. The molecule has 0 aliphatic heterocycles. The minimum Gasteiger partial charge on any atom is -0.478 e. The van der Waals surface area contributed by atoms with Crippen LogP contribution in [0, 0.1) is 0 Å². The molecule has 3 N–H and O–H groups in total. The molecule has 92 valence electrons. The van der Waals surface area contributed by atoms with Crippen LogP contribution in [0.2, 0.25) is 0 Å². The largest absolute Gasteiger partial charge is 0.478 e. The lowest BCUT2D eigenvalue weighted by molar-refractivity contribution is 0.0699. The van der Waals surface area contributed by atoms with Gasteiger partial charge in [0.1, 0.15) is 0 Å². The highest BCUT2D eigenvalue weighted by atomic mass is 16.4. The number of benzene rings is 2. The van der Waals surface area contributed by atoms with E-state index in [0.29, 0.717) is 5.56 Å². The maximum atomic E-state index is 10.8. The quantitative estimate of drug-likeness (QED) is 0.705. The molecule has 0 aromatic heterocycles. The number of carbonyl (C=O) groups is 1. The Kier molecular flexibility index (Phi) is 7.34. The number of hydrogen-bond donors (Lipinski definition) is 3. The fourth-order valence-corrected chi connectivity index (χ4v) is 1.41. The van der Waals surface area contributed by atoms with Crippen molar-refractivity contribution < 1.29 is 20.1 Å². The number of rotatable bonds is 1. The van der Waals surface area contributed by atoms with Crippen LogP contribution in [0.5, 0.6) is 0 Å². The van der Waals surface area contributed by atoms with Crippen molar-refractivity contribution in [3.05, 3.63) is 48.0 Å². The van der Waals surface area contributed by atoms with Gasteiger partial charge in [-0.15, -0.1) is 0 Å². The van der Waals surface area contributed by atoms with E-state index < -0.39 is 5.97 Å². The third-order valence-corrected chi connectivity index (χ3v) is 2.02. The summed E-state index contributed by atoms with van der Waals surface area (Å²) < 4.78 is 0. The van der Waals surface area contributed by atoms with E-state index in [1.54, 1.807) is 12.1 Å². The molecule has 0 spiro atoms. The number of aromatic carboxylic acids is 1. The average molecular weight is 236 g/mol. The molecule has 0 saturated carbocycles. The lowest BCUT2D eigenvalue weighted by Crippen LogP contribution is -1.96. The molecular formula is C13H16O4. The fourth-order valence-electron chi connectivity index (χ4n) is 1.41. The molecule has 4 nitrogen and oxygen atoms in total. The van der Waals surface area contributed by atoms with Gasteiger partial charge in [0.15, 0.2) is 0 Å². The van der Waals surface area contributed by atoms with E-state index in [9.17, 15) is 4.79 Å². The summed E-state index contributed by atoms with van der Waals surface area (Å²) in [5, 5.41) is 24.6. The van der Waals surface area contributed by atoms with E-state index in [1.807, 2.05) is 30.3 Å². The topological polar surface area (TPSA) is 77.8 Å². The van der Waals surface area contributed by atoms with Crippen molar-refractivity contribution in [3.63, 3.8) is 0 Å². The van der Waals surface area contributed by atoms with Gasteiger partial charge in [0.2, 0.25) is 0 Å². The highest BCUT2D eigenvalue weighted by Gasteiger charge is 2.05. The van der Waals surface area contributed by atoms with Crippen molar-refractivity contribution in [2.45, 2.75) is 0 Å². The number of carboxylic acid groups (broad SMARTS) is 1. The smallest absolute Gasteiger partial charge is 0.336 e. The van der Waals surface area contributed by atoms with Crippen molar-refractivity contribution in [1.29, 1.82) is 0 Å². The summed E-state index contributed by atoms with van der Waals surface area (Å²) in [7, 11) is 2.00. The van der Waals surface area contributed by atoms with Gasteiger partial charge in [-0.1, -0.05) is 36.4 Å². The van der Waals surface area contributed by atoms with Crippen molar-refractivity contribution >= 4 is 16.7 Å². The van der Waals surface area contributed by atoms with Crippen LogP contribution >= 0.6 is 0 Å². The van der Waals surface area contributed by atoms with Gasteiger partial charge in [-0.05, 0) is 16.8 Å². The van der Waals surface area contributed by atoms with Crippen LogP contribution < -0.4 is 0 Å². The second-order valence-electron chi connectivity index (χ2n) is 2.83. The van der Waals surface area contributed by atoms with Crippen molar-refractivity contribution in [2.24, 2.45) is 0 Å². The molecule has 0 saturated heterocycles. The van der Waals surface area contributed by atoms with Crippen LogP contribution in [0.3, 0.4) is 0 Å². The highest BCUT2D eigenvalue weighted by molar-refractivity contribution is 6.03. The first-order chi connectivity index (χ1) is 8.29. The third kappa shape index (κ3) is 3.86. The molecule has 0 amide bonds. The SMILES string of the molecule is CO.CO.O=C(O)c1cccc2ccccc12. The maximum Gasteiger partial charge on any atom is 0.336 e. The maximum absolute atomic E-state index is 10.8. The van der Waals surface area contributed by atoms with Crippen molar-refractivity contribution in [1.82, 2.24) is 0 Å². The van der Waals surface area contributed by atoms with Crippen LogP contribution in [-0.2, 0) is 0 Å². The van der Waals surface area contributed by atoms with E-state index in [1.165, 1.54) is 0 Å². The summed E-state index contributed by atoms with van der Waals surface area (Å²) in [6.07, 6.45) is 0. The Labute approximate surface area is 99.8 Å². The molecule has 0 unspecified atom stereocenters. The summed E-state index contributed by atoms with van der Waals surface area (Å²) in [5.74, 6) is -0.878. The first kappa shape index (κ1) is 15.1. The second-order valence-corrected chi connectivity index (χ2v) is 2.83. The lowest BCUT2D eigenvalue weighted by atomic mass is 10.1. The fraction of sp³-hybridized carbons (Fsp3) is 0.154. The molecule has 0 aliphatic carbocycles. The molecule has 4 heteroatoms. The molecule has 2 rings (SSSR count). The van der Waals surface area contributed by atoms with Gasteiger partial charge in [-0.3, -0.25) is 0 Å². The molecule has 0 atom stereocenters. The summed E-state index contributed by atoms with van der Waals surface area (Å²) in [6.45, 7) is 0. The van der Waals surface area contributed by atoms with Crippen molar-refractivity contribution in [2.75, 3.05) is 14.2 Å². The van der Waals surface area contributed by atoms with Gasteiger partial charge in [-0.25, -0.2) is 4.79 Å². The zero-order valence-corrected chi connectivity index (χ0v) is 9.79. The van der Waals surface area contributed by atoms with Crippen LogP contribution in [0.4, 0.5) is 0 Å². The Hall–Kier alpha value is -1.91. The Balaban J connectivity index is 0.000000581. The van der Waals surface area contributed by atoms with Gasteiger partial charge < -0.3 is 15.3 Å². The molecule has 0 fully saturated rings. The molecule has 0 aliphatic rings. The molecule has 0 bridgehead atoms. The van der Waals surface area contributed by atoms with Crippen molar-refractivity contribution in [3.8, 4) is 0 Å². The predicted octanol–water partition coefficient (Wildman–Crippen LogP) is 1.75. The van der Waals surface area contributed by atoms with E-state index >= 15 is 0 Å². The van der Waals surface area contributed by atoms with E-state index in [2.05, 4.69) is 0 Å². The Morgan fingerprint density at radius 2 is 1.41 bits per heavy atom. The monoisotopic (exact) mass is 236 g/mol. The number of fused-ring (bicyclic) bond motifs is 1. The number of aliphatic hydroxyl groups is 2. The summed E-state index contributed by atoms with van der Waals surface area (Å²) >= 11 is 0. The molecule has 0 heterocycles. The number of aliphatic hydroxyl groups excluding tert-OH is 2. The number of hydrogen-bond acceptors (Lipinski definition) is 3. The Morgan fingerprint density at radius 1 is 0.882 bits per heavy atom. The summed E-state index contributed by atoms with van der Waals surface area (Å²) in [4.78, 5) is 10.8. The predicted molar refractivity (Wildman–Crippen MR) is 67.2 cm³/mol. The van der Waals surface area contributed by atoms with E-state index in [-0.39, 0.29) is 0 Å². The Bertz CT molecular complexity index is 460. The molecule has 2 aromatic rings. The molecular weight excluding hydrogens is 220 g/mol. The van der Waals surface area contributed by atoms with Gasteiger partial charge in [0.05, 0.1) is 5.56 Å². The first-order valence-electron chi connectivity index (χ1n) is 4.89. The molecule has 2 aromatic carbocycles. The van der Waals surface area contributed by atoms with Crippen LogP contribution in [0.15, 0.2) is 42.5 Å². The third-order valence-electron chi connectivity index (χ3n) is 2.02. The zero-order valence-electron chi connectivity index (χ0n) is 9.79. The molecule has 17 heavy (non-hydrogen) atoms. The lowest BCUT2D eigenvalue weighted by Gasteiger charge is -2.00. The highest BCUT2D eigenvalue weighted by Crippen LogP contribution is 2.17. The standard InChI is InChI=1S/C11H8O2.2CH4O/c12-11(13)10-7-3-5-8-4-1-2-6-9(8)10;2*1-2/h1-7H,(H,12,13);2*2H,1H3. The summed E-state index contributed by atoms with van der Waals surface area (Å²) in [6, 6.07) is 12.7. The van der Waals surface area contributed by atoms with Crippen LogP contribution in [0.25, 0.3) is 10.8 Å². The number of carboxylic acids is 1. The van der Waals surface area contributed by atoms with E-state index in [4.69, 9.17) is 15.3 Å².